The van der Waals surface area contributed by atoms with Crippen molar-refractivity contribution in [2.45, 2.75) is 290 Å². The fraction of sp³-hybridized carbons (Fsp3) is 0.766. The lowest BCUT2D eigenvalue weighted by Crippen LogP contribution is -2.30. The Morgan fingerprint density at radius 1 is 0.382 bits per heavy atom. The summed E-state index contributed by atoms with van der Waals surface area (Å²) in [7, 11) is -4.77. The van der Waals surface area contributed by atoms with Gasteiger partial charge in [0.1, 0.15) is 12.7 Å². The highest BCUT2D eigenvalue weighted by Crippen LogP contribution is 2.43. The van der Waals surface area contributed by atoms with Crippen molar-refractivity contribution in [3.05, 3.63) is 72.9 Å². The Morgan fingerprint density at radius 3 is 1.13 bits per heavy atom. The lowest BCUT2D eigenvalue weighted by atomic mass is 10.0. The number of unbranched alkanes of at least 4 members (excludes halogenated alkanes) is 28. The van der Waals surface area contributed by atoms with Crippen LogP contribution in [0, 0.1) is 0 Å². The summed E-state index contributed by atoms with van der Waals surface area (Å²) in [5.41, 5.74) is 0. The van der Waals surface area contributed by atoms with Crippen LogP contribution >= 0.6 is 7.82 Å². The van der Waals surface area contributed by atoms with Gasteiger partial charge in [0.2, 0.25) is 0 Å². The van der Waals surface area contributed by atoms with E-state index in [0.29, 0.717) is 19.3 Å². The molecule has 11 nitrogen and oxygen atoms in total. The molecule has 0 fully saturated rings. The van der Waals surface area contributed by atoms with Gasteiger partial charge in [-0.15, -0.1) is 0 Å². The van der Waals surface area contributed by atoms with Gasteiger partial charge in [0.25, 0.3) is 0 Å². The van der Waals surface area contributed by atoms with E-state index in [9.17, 15) is 28.9 Å². The molecule has 0 aliphatic rings. The molecule has 0 rings (SSSR count). The van der Waals surface area contributed by atoms with Crippen LogP contribution in [-0.4, -0.2) is 66.5 Å². The van der Waals surface area contributed by atoms with E-state index in [0.717, 1.165) is 83.5 Å². The number of phosphoric acid groups is 1. The Bertz CT molecular complexity index is 1550. The number of carbonyl (C=O) groups is 3. The van der Waals surface area contributed by atoms with Crippen LogP contribution in [-0.2, 0) is 42.2 Å². The van der Waals surface area contributed by atoms with E-state index in [1.54, 1.807) is 0 Å². The number of allylic oxidation sites excluding steroid dienone is 12. The Kier molecular flexibility index (Phi) is 55.7. The summed E-state index contributed by atoms with van der Waals surface area (Å²) in [5, 5.41) is 9.83. The maximum atomic E-state index is 12.9. The molecule has 0 aromatic heterocycles. The molecule has 0 amide bonds. The largest absolute Gasteiger partial charge is 0.472 e. The molecule has 12 heteroatoms. The van der Waals surface area contributed by atoms with Gasteiger partial charge in [-0.05, 0) is 77.0 Å². The van der Waals surface area contributed by atoms with E-state index in [4.69, 9.17) is 23.3 Å². The summed E-state index contributed by atoms with van der Waals surface area (Å²) < 4.78 is 39.5. The second-order valence-corrected chi connectivity index (χ2v) is 21.9. The zero-order valence-corrected chi connectivity index (χ0v) is 49.6. The van der Waals surface area contributed by atoms with Crippen LogP contribution in [0.25, 0.3) is 0 Å². The van der Waals surface area contributed by atoms with Crippen LogP contribution in [0.1, 0.15) is 278 Å². The van der Waals surface area contributed by atoms with E-state index in [1.165, 1.54) is 135 Å². The summed E-state index contributed by atoms with van der Waals surface area (Å²) >= 11 is 0. The van der Waals surface area contributed by atoms with Gasteiger partial charge in [-0.1, -0.05) is 254 Å². The predicted molar refractivity (Wildman–Crippen MR) is 316 cm³/mol. The third-order valence-electron chi connectivity index (χ3n) is 13.1. The molecule has 2 N–H and O–H groups in total. The van der Waals surface area contributed by atoms with Crippen LogP contribution in [0.3, 0.4) is 0 Å². The Hall–Kier alpha value is -3.08. The first kappa shape index (κ1) is 72.9. The minimum atomic E-state index is -4.77. The van der Waals surface area contributed by atoms with Crippen LogP contribution < -0.4 is 0 Å². The molecule has 0 bridgehead atoms. The van der Waals surface area contributed by atoms with Crippen molar-refractivity contribution < 1.29 is 52.2 Å². The predicted octanol–water partition coefficient (Wildman–Crippen LogP) is 18.5. The van der Waals surface area contributed by atoms with Gasteiger partial charge >= 0.3 is 25.7 Å². The van der Waals surface area contributed by atoms with Crippen molar-refractivity contribution >= 4 is 25.7 Å². The van der Waals surface area contributed by atoms with Crippen LogP contribution in [0.4, 0.5) is 0 Å². The van der Waals surface area contributed by atoms with E-state index in [2.05, 4.69) is 81.5 Å². The molecule has 76 heavy (non-hydrogen) atoms. The fourth-order valence-corrected chi connectivity index (χ4v) is 9.24. The standard InChI is InChI=1S/C64H113O11P/c1-4-7-10-13-16-19-22-25-27-29-30-32-34-37-40-43-46-49-52-55-64(68)75-61(57-71-62(66)53-50-47-44-41-38-35-24-21-18-15-12-9-6-3)59-73-76(69,70)72-58-60(56-65)74-63(67)54-51-48-45-42-39-36-33-31-28-26-23-20-17-14-11-8-5-2/h9,12,17-18,20-21,26,28,35,38,44,47,60-61,65H,4-8,10-11,13-16,19,22-25,27,29-34,36-37,39-43,45-46,48-59H2,1-3H3,(H,69,70)/b12-9-,20-17-,21-18-,28-26-,38-35-,47-44-. The van der Waals surface area contributed by atoms with Crippen molar-refractivity contribution in [2.75, 3.05) is 26.4 Å². The number of rotatable bonds is 57. The highest BCUT2D eigenvalue weighted by atomic mass is 31.2. The van der Waals surface area contributed by atoms with Crippen LogP contribution in [0.2, 0.25) is 0 Å². The SMILES string of the molecule is CC/C=C\C/C=C\C/C=C\C/C=C\CCC(=O)OCC(COP(=O)(O)OCC(CO)OC(=O)CCCCCCCCC/C=C\C/C=C\CCCCC)OC(=O)CCCCCCCCCCCCCCCCCCCCC. The lowest BCUT2D eigenvalue weighted by molar-refractivity contribution is -0.161. The molecule has 0 aromatic rings. The van der Waals surface area contributed by atoms with Gasteiger partial charge in [-0.2, -0.15) is 0 Å². The van der Waals surface area contributed by atoms with E-state index >= 15 is 0 Å². The fourth-order valence-electron chi connectivity index (χ4n) is 8.46. The van der Waals surface area contributed by atoms with Crippen molar-refractivity contribution in [3.8, 4) is 0 Å². The average Bonchev–Trinajstić information content (AvgIpc) is 3.41. The molecule has 3 unspecified atom stereocenters. The minimum absolute atomic E-state index is 0.105. The highest BCUT2D eigenvalue weighted by molar-refractivity contribution is 7.47. The summed E-state index contributed by atoms with van der Waals surface area (Å²) in [6, 6.07) is 0. The molecule has 0 aliphatic carbocycles. The zero-order valence-electron chi connectivity index (χ0n) is 48.7. The van der Waals surface area contributed by atoms with E-state index in [-0.39, 0.29) is 25.9 Å². The first-order chi connectivity index (χ1) is 37.2. The van der Waals surface area contributed by atoms with Crippen molar-refractivity contribution in [1.29, 1.82) is 0 Å². The first-order valence-corrected chi connectivity index (χ1v) is 32.3. The Balaban J connectivity index is 4.71. The van der Waals surface area contributed by atoms with Crippen LogP contribution in [0.5, 0.6) is 0 Å². The molecular weight excluding hydrogens is 976 g/mol. The van der Waals surface area contributed by atoms with Gasteiger partial charge in [0.15, 0.2) is 6.10 Å². The summed E-state index contributed by atoms with van der Waals surface area (Å²) in [5.74, 6) is -1.56. The molecule has 0 saturated carbocycles. The normalized spacial score (nSPS) is 13.8. The maximum Gasteiger partial charge on any atom is 0.472 e. The number of aliphatic hydroxyl groups excluding tert-OH is 1. The highest BCUT2D eigenvalue weighted by Gasteiger charge is 2.28. The van der Waals surface area contributed by atoms with Gasteiger partial charge in [-0.25, -0.2) is 4.57 Å². The van der Waals surface area contributed by atoms with Crippen molar-refractivity contribution in [2.24, 2.45) is 0 Å². The Morgan fingerprint density at radius 2 is 0.711 bits per heavy atom. The third kappa shape index (κ3) is 55.7. The maximum absolute atomic E-state index is 12.9. The van der Waals surface area contributed by atoms with Crippen molar-refractivity contribution in [3.63, 3.8) is 0 Å². The number of aliphatic hydroxyl groups is 1. The quantitative estimate of drug-likeness (QED) is 0.0197. The second-order valence-electron chi connectivity index (χ2n) is 20.5. The van der Waals surface area contributed by atoms with E-state index < -0.39 is 57.8 Å². The zero-order chi connectivity index (χ0) is 55.5. The summed E-state index contributed by atoms with van der Waals surface area (Å²) in [4.78, 5) is 48.6. The number of hydrogen-bond acceptors (Lipinski definition) is 10. The van der Waals surface area contributed by atoms with Crippen LogP contribution in [0.15, 0.2) is 72.9 Å². The monoisotopic (exact) mass is 1090 g/mol. The minimum Gasteiger partial charge on any atom is -0.462 e. The number of phosphoric ester groups is 1. The molecule has 0 radical (unpaired) electrons. The third-order valence-corrected chi connectivity index (χ3v) is 14.1. The number of carbonyl (C=O) groups excluding carboxylic acids is 3. The first-order valence-electron chi connectivity index (χ1n) is 30.8. The van der Waals surface area contributed by atoms with E-state index in [1.807, 2.05) is 12.2 Å². The topological polar surface area (TPSA) is 155 Å². The Labute approximate surface area is 465 Å². The molecule has 0 aliphatic heterocycles. The molecule has 3 atom stereocenters. The summed E-state index contributed by atoms with van der Waals surface area (Å²) in [6.45, 7) is 4.45. The lowest BCUT2D eigenvalue weighted by Gasteiger charge is -2.21. The number of hydrogen-bond donors (Lipinski definition) is 2. The molecule has 0 spiro atoms. The van der Waals surface area contributed by atoms with Gasteiger partial charge < -0.3 is 24.2 Å². The number of ether oxygens (including phenoxy) is 3. The molecule has 440 valence electrons. The smallest absolute Gasteiger partial charge is 0.462 e. The average molecular weight is 1090 g/mol. The molecule has 0 heterocycles. The van der Waals surface area contributed by atoms with Gasteiger partial charge in [-0.3, -0.25) is 23.4 Å². The second kappa shape index (κ2) is 58.1. The summed E-state index contributed by atoms with van der Waals surface area (Å²) in [6.07, 6.45) is 65.9. The molecule has 0 saturated heterocycles. The van der Waals surface area contributed by atoms with Crippen molar-refractivity contribution in [1.82, 2.24) is 0 Å². The molecular formula is C64H113O11P. The molecule has 0 aromatic carbocycles. The number of esters is 3. The van der Waals surface area contributed by atoms with Gasteiger partial charge in [0, 0.05) is 19.3 Å². The van der Waals surface area contributed by atoms with Gasteiger partial charge in [0.05, 0.1) is 19.8 Å².